The van der Waals surface area contributed by atoms with Crippen LogP contribution in [0.15, 0.2) is 97.3 Å². The highest BCUT2D eigenvalue weighted by Crippen LogP contribution is 2.26. The van der Waals surface area contributed by atoms with E-state index < -0.39 is 0 Å². The van der Waals surface area contributed by atoms with Crippen LogP contribution in [0, 0.1) is 0 Å². The predicted molar refractivity (Wildman–Crippen MR) is 134 cm³/mol. The Morgan fingerprint density at radius 1 is 0.727 bits per heavy atom. The van der Waals surface area contributed by atoms with E-state index in [1.165, 1.54) is 11.1 Å². The maximum atomic E-state index is 4.97. The SMILES string of the molecule is Cn1cnc2c(N(Cc3ccccc3)Cc3ccccc3)nc(/C=C/c3ccccc3)nc21. The Morgan fingerprint density at radius 2 is 1.30 bits per heavy atom. The molecule has 0 radical (unpaired) electrons. The van der Waals surface area contributed by atoms with Crippen LogP contribution < -0.4 is 4.90 Å². The molecule has 0 bridgehead atoms. The second-order valence-corrected chi connectivity index (χ2v) is 8.00. The van der Waals surface area contributed by atoms with Gasteiger partial charge in [0.25, 0.3) is 0 Å². The van der Waals surface area contributed by atoms with Crippen LogP contribution in [-0.2, 0) is 20.1 Å². The van der Waals surface area contributed by atoms with Crippen LogP contribution in [0.2, 0.25) is 0 Å². The molecule has 162 valence electrons. The van der Waals surface area contributed by atoms with Gasteiger partial charge in [-0.1, -0.05) is 97.1 Å². The highest BCUT2D eigenvalue weighted by atomic mass is 15.2. The quantitative estimate of drug-likeness (QED) is 0.330. The summed E-state index contributed by atoms with van der Waals surface area (Å²) in [5.74, 6) is 1.50. The Bertz CT molecular complexity index is 1320. The van der Waals surface area contributed by atoms with E-state index in [2.05, 4.69) is 70.5 Å². The van der Waals surface area contributed by atoms with E-state index in [-0.39, 0.29) is 0 Å². The Labute approximate surface area is 193 Å². The lowest BCUT2D eigenvalue weighted by molar-refractivity contribution is 0.783. The third-order valence-corrected chi connectivity index (χ3v) is 5.52. The Kier molecular flexibility index (Phi) is 5.93. The molecule has 3 aromatic carbocycles. The van der Waals surface area contributed by atoms with Crippen molar-refractivity contribution in [1.29, 1.82) is 0 Å². The molecule has 0 aliphatic carbocycles. The molecule has 0 saturated heterocycles. The molecule has 0 aliphatic rings. The number of hydrogen-bond donors (Lipinski definition) is 0. The summed E-state index contributed by atoms with van der Waals surface area (Å²) < 4.78 is 1.95. The molecule has 2 aromatic heterocycles. The lowest BCUT2D eigenvalue weighted by Crippen LogP contribution is -2.24. The first-order chi connectivity index (χ1) is 16.3. The molecule has 2 heterocycles. The average Bonchev–Trinajstić information content (AvgIpc) is 3.24. The topological polar surface area (TPSA) is 46.8 Å². The first-order valence-corrected chi connectivity index (χ1v) is 11.0. The molecule has 5 nitrogen and oxygen atoms in total. The summed E-state index contributed by atoms with van der Waals surface area (Å²) in [6, 6.07) is 31.1. The Morgan fingerprint density at radius 3 is 1.91 bits per heavy atom. The standard InChI is InChI=1S/C28H25N5/c1-32-21-29-26-27(32)30-25(18-17-22-11-5-2-6-12-22)31-28(26)33(19-23-13-7-3-8-14-23)20-24-15-9-4-10-16-24/h2-18,21H,19-20H2,1H3/b18-17+. The van der Waals surface area contributed by atoms with Gasteiger partial charge in [0, 0.05) is 20.1 Å². The second-order valence-electron chi connectivity index (χ2n) is 8.00. The minimum Gasteiger partial charge on any atom is -0.346 e. The van der Waals surface area contributed by atoms with E-state index in [1.54, 1.807) is 6.33 Å². The minimum atomic E-state index is 0.663. The molecular formula is C28H25N5. The van der Waals surface area contributed by atoms with Gasteiger partial charge in [0.05, 0.1) is 6.33 Å². The number of anilines is 1. The lowest BCUT2D eigenvalue weighted by Gasteiger charge is -2.24. The number of aryl methyl sites for hydroxylation is 1. The minimum absolute atomic E-state index is 0.663. The summed E-state index contributed by atoms with van der Waals surface area (Å²) in [7, 11) is 1.97. The summed E-state index contributed by atoms with van der Waals surface area (Å²) in [5, 5.41) is 0. The van der Waals surface area contributed by atoms with Gasteiger partial charge in [-0.2, -0.15) is 0 Å². The van der Waals surface area contributed by atoms with Gasteiger partial charge in [0.15, 0.2) is 22.8 Å². The molecule has 5 rings (SSSR count). The molecule has 0 N–H and O–H groups in total. The molecule has 5 aromatic rings. The van der Waals surface area contributed by atoms with E-state index in [4.69, 9.17) is 9.97 Å². The van der Waals surface area contributed by atoms with Crippen LogP contribution in [0.1, 0.15) is 22.5 Å². The number of imidazole rings is 1. The maximum absolute atomic E-state index is 4.97. The van der Waals surface area contributed by atoms with Crippen molar-refractivity contribution >= 4 is 29.1 Å². The van der Waals surface area contributed by atoms with Gasteiger partial charge in [0.1, 0.15) is 0 Å². The molecule has 0 unspecified atom stereocenters. The highest BCUT2D eigenvalue weighted by molar-refractivity contribution is 5.85. The average molecular weight is 432 g/mol. The zero-order valence-electron chi connectivity index (χ0n) is 18.5. The first kappa shape index (κ1) is 20.6. The second kappa shape index (κ2) is 9.49. The van der Waals surface area contributed by atoms with Crippen molar-refractivity contribution in [1.82, 2.24) is 19.5 Å². The Hall–Kier alpha value is -4.25. The van der Waals surface area contributed by atoms with Crippen molar-refractivity contribution in [3.05, 3.63) is 120 Å². The van der Waals surface area contributed by atoms with Gasteiger partial charge in [-0.25, -0.2) is 15.0 Å². The number of nitrogens with zero attached hydrogens (tertiary/aromatic N) is 5. The molecule has 0 aliphatic heterocycles. The third-order valence-electron chi connectivity index (χ3n) is 5.52. The number of fused-ring (bicyclic) bond motifs is 1. The highest BCUT2D eigenvalue weighted by Gasteiger charge is 2.18. The van der Waals surface area contributed by atoms with Gasteiger partial charge in [-0.05, 0) is 22.8 Å². The number of rotatable bonds is 7. The van der Waals surface area contributed by atoms with Crippen molar-refractivity contribution in [3.63, 3.8) is 0 Å². The number of hydrogen-bond acceptors (Lipinski definition) is 4. The molecule has 0 saturated carbocycles. The van der Waals surface area contributed by atoms with Gasteiger partial charge < -0.3 is 9.47 Å². The van der Waals surface area contributed by atoms with E-state index >= 15 is 0 Å². The monoisotopic (exact) mass is 431 g/mol. The van der Waals surface area contributed by atoms with E-state index in [0.717, 1.165) is 35.6 Å². The van der Waals surface area contributed by atoms with Gasteiger partial charge >= 0.3 is 0 Å². The van der Waals surface area contributed by atoms with E-state index in [9.17, 15) is 0 Å². The predicted octanol–water partition coefficient (Wildman–Crippen LogP) is 5.74. The number of aromatic nitrogens is 4. The largest absolute Gasteiger partial charge is 0.346 e. The maximum Gasteiger partial charge on any atom is 0.165 e. The number of benzene rings is 3. The van der Waals surface area contributed by atoms with Crippen LogP contribution >= 0.6 is 0 Å². The van der Waals surface area contributed by atoms with Crippen molar-refractivity contribution in [2.24, 2.45) is 7.05 Å². The van der Waals surface area contributed by atoms with Crippen molar-refractivity contribution in [3.8, 4) is 0 Å². The zero-order chi connectivity index (χ0) is 22.5. The molecule has 33 heavy (non-hydrogen) atoms. The lowest BCUT2D eigenvalue weighted by atomic mass is 10.1. The van der Waals surface area contributed by atoms with Crippen molar-refractivity contribution < 1.29 is 0 Å². The fourth-order valence-corrected chi connectivity index (χ4v) is 3.85. The molecule has 0 fully saturated rings. The molecule has 0 spiro atoms. The molecular weight excluding hydrogens is 406 g/mol. The Balaban J connectivity index is 1.59. The molecule has 0 amide bonds. The van der Waals surface area contributed by atoms with E-state index in [0.29, 0.717) is 5.82 Å². The van der Waals surface area contributed by atoms with Gasteiger partial charge in [-0.15, -0.1) is 0 Å². The fraction of sp³-hybridized carbons (Fsp3) is 0.107. The van der Waals surface area contributed by atoms with Crippen molar-refractivity contribution in [2.75, 3.05) is 4.90 Å². The van der Waals surface area contributed by atoms with Crippen LogP contribution in [0.25, 0.3) is 23.3 Å². The van der Waals surface area contributed by atoms with Gasteiger partial charge in [-0.3, -0.25) is 0 Å². The fourth-order valence-electron chi connectivity index (χ4n) is 3.85. The van der Waals surface area contributed by atoms with Gasteiger partial charge in [0.2, 0.25) is 0 Å². The summed E-state index contributed by atoms with van der Waals surface area (Å²) in [5.41, 5.74) is 5.17. The molecule has 5 heteroatoms. The smallest absolute Gasteiger partial charge is 0.165 e. The summed E-state index contributed by atoms with van der Waals surface area (Å²) in [6.45, 7) is 1.44. The van der Waals surface area contributed by atoms with E-state index in [1.807, 2.05) is 54.1 Å². The summed E-state index contributed by atoms with van der Waals surface area (Å²) >= 11 is 0. The van der Waals surface area contributed by atoms with Crippen LogP contribution in [0.4, 0.5) is 5.82 Å². The molecule has 0 atom stereocenters. The third kappa shape index (κ3) is 4.83. The first-order valence-electron chi connectivity index (χ1n) is 11.0. The summed E-state index contributed by atoms with van der Waals surface area (Å²) in [6.07, 6.45) is 5.81. The normalized spacial score (nSPS) is 11.3. The van der Waals surface area contributed by atoms with Crippen LogP contribution in [-0.4, -0.2) is 19.5 Å². The zero-order valence-corrected chi connectivity index (χ0v) is 18.5. The summed E-state index contributed by atoms with van der Waals surface area (Å²) in [4.78, 5) is 16.7. The van der Waals surface area contributed by atoms with Crippen molar-refractivity contribution in [2.45, 2.75) is 13.1 Å². The van der Waals surface area contributed by atoms with Crippen LogP contribution in [0.5, 0.6) is 0 Å². The van der Waals surface area contributed by atoms with Crippen LogP contribution in [0.3, 0.4) is 0 Å².